The third kappa shape index (κ3) is 4.17. The molecule has 0 spiro atoms. The van der Waals surface area contributed by atoms with Gasteiger partial charge in [-0.1, -0.05) is 12.1 Å². The first-order valence-electron chi connectivity index (χ1n) is 9.52. The molecule has 1 aliphatic carbocycles. The van der Waals surface area contributed by atoms with Crippen LogP contribution in [0.3, 0.4) is 0 Å². The van der Waals surface area contributed by atoms with Crippen LogP contribution in [0, 0.1) is 17.2 Å². The molecule has 2 heterocycles. The van der Waals surface area contributed by atoms with E-state index in [1.165, 1.54) is 16.9 Å². The maximum Gasteiger partial charge on any atom is 0.261 e. The van der Waals surface area contributed by atoms with Gasteiger partial charge in [-0.3, -0.25) is 4.79 Å². The number of nitrogens with zero attached hydrogens (tertiary/aromatic N) is 5. The van der Waals surface area contributed by atoms with Crippen molar-refractivity contribution in [1.82, 2.24) is 14.6 Å². The summed E-state index contributed by atoms with van der Waals surface area (Å²) in [5.41, 5.74) is 1.22. The van der Waals surface area contributed by atoms with E-state index in [2.05, 4.69) is 20.4 Å². The first-order valence-corrected chi connectivity index (χ1v) is 9.52. The lowest BCUT2D eigenvalue weighted by Crippen LogP contribution is -2.26. The van der Waals surface area contributed by atoms with Crippen LogP contribution in [-0.2, 0) is 0 Å². The SMILES string of the molecule is N#Cc1ccccc1NC(=O)c1cnn2ccc(N=CC3CCCC(F)(F)C3)nc12. The molecule has 0 radical (unpaired) electrons. The van der Waals surface area contributed by atoms with Crippen LogP contribution >= 0.6 is 0 Å². The number of nitrogens with one attached hydrogen (secondary N) is 1. The molecule has 1 amide bonds. The molecule has 4 rings (SSSR count). The van der Waals surface area contributed by atoms with E-state index in [1.54, 1.807) is 36.5 Å². The van der Waals surface area contributed by atoms with Crippen molar-refractivity contribution < 1.29 is 13.6 Å². The van der Waals surface area contributed by atoms with Crippen molar-refractivity contribution in [3.63, 3.8) is 0 Å². The molecular formula is C21H18F2N6O. The third-order valence-corrected chi connectivity index (χ3v) is 4.99. The zero-order valence-electron chi connectivity index (χ0n) is 15.9. The highest BCUT2D eigenvalue weighted by atomic mass is 19.3. The molecule has 1 saturated carbocycles. The summed E-state index contributed by atoms with van der Waals surface area (Å²) in [7, 11) is 0. The number of halogens is 2. The number of alkyl halides is 2. The minimum Gasteiger partial charge on any atom is -0.321 e. The smallest absolute Gasteiger partial charge is 0.261 e. The van der Waals surface area contributed by atoms with Crippen LogP contribution in [0.15, 0.2) is 47.7 Å². The Kier molecular flexibility index (Phi) is 5.23. The molecule has 2 aromatic heterocycles. The molecule has 9 heteroatoms. The van der Waals surface area contributed by atoms with Crippen molar-refractivity contribution in [3.8, 4) is 6.07 Å². The normalized spacial score (nSPS) is 18.4. The number of anilines is 1. The summed E-state index contributed by atoms with van der Waals surface area (Å²) in [5, 5.41) is 16.0. The Morgan fingerprint density at radius 2 is 2.20 bits per heavy atom. The molecule has 1 N–H and O–H groups in total. The van der Waals surface area contributed by atoms with Gasteiger partial charge < -0.3 is 5.32 Å². The molecule has 3 aromatic rings. The van der Waals surface area contributed by atoms with E-state index in [1.807, 2.05) is 6.07 Å². The number of nitriles is 1. The number of fused-ring (bicyclic) bond motifs is 1. The highest BCUT2D eigenvalue weighted by molar-refractivity contribution is 6.08. The van der Waals surface area contributed by atoms with Crippen LogP contribution in [0.2, 0.25) is 0 Å². The molecule has 0 saturated heterocycles. The number of amides is 1. The predicted molar refractivity (Wildman–Crippen MR) is 107 cm³/mol. The molecule has 1 aliphatic rings. The van der Waals surface area contributed by atoms with Crippen molar-refractivity contribution >= 4 is 29.3 Å². The topological polar surface area (TPSA) is 95.4 Å². The van der Waals surface area contributed by atoms with Gasteiger partial charge in [0.25, 0.3) is 5.91 Å². The minimum atomic E-state index is -2.65. The first-order chi connectivity index (χ1) is 14.4. The second kappa shape index (κ2) is 7.99. The van der Waals surface area contributed by atoms with Gasteiger partial charge >= 0.3 is 0 Å². The van der Waals surface area contributed by atoms with E-state index in [0.29, 0.717) is 29.9 Å². The average molecular weight is 408 g/mol. The van der Waals surface area contributed by atoms with Crippen LogP contribution in [0.4, 0.5) is 20.3 Å². The van der Waals surface area contributed by atoms with E-state index >= 15 is 0 Å². The molecule has 1 fully saturated rings. The lowest BCUT2D eigenvalue weighted by molar-refractivity contribution is -0.0421. The maximum atomic E-state index is 13.6. The standard InChI is InChI=1S/C21H18F2N6O/c22-21(23)8-3-4-14(10-21)12-25-18-7-9-29-19(28-18)16(13-26-29)20(30)27-17-6-2-1-5-15(17)11-24/h1-2,5-7,9,12-14H,3-4,8,10H2,(H,27,30). The fourth-order valence-corrected chi connectivity index (χ4v) is 3.49. The molecule has 1 aromatic carbocycles. The zero-order valence-corrected chi connectivity index (χ0v) is 15.9. The largest absolute Gasteiger partial charge is 0.321 e. The monoisotopic (exact) mass is 408 g/mol. The summed E-state index contributed by atoms with van der Waals surface area (Å²) in [6, 6.07) is 10.3. The molecular weight excluding hydrogens is 390 g/mol. The van der Waals surface area contributed by atoms with Crippen molar-refractivity contribution in [3.05, 3.63) is 53.9 Å². The Labute approximate surface area is 171 Å². The predicted octanol–water partition coefficient (Wildman–Crippen LogP) is 4.38. The van der Waals surface area contributed by atoms with Crippen molar-refractivity contribution in [2.45, 2.75) is 31.6 Å². The van der Waals surface area contributed by atoms with Crippen molar-refractivity contribution in [1.29, 1.82) is 5.26 Å². The fraction of sp³-hybridized carbons (Fsp3) is 0.286. The molecule has 1 unspecified atom stereocenters. The van der Waals surface area contributed by atoms with Gasteiger partial charge in [-0.15, -0.1) is 0 Å². The molecule has 30 heavy (non-hydrogen) atoms. The number of carbonyl (C=O) groups excluding carboxylic acids is 1. The van der Waals surface area contributed by atoms with Gasteiger partial charge in [0.15, 0.2) is 11.5 Å². The number of carbonyl (C=O) groups is 1. The Morgan fingerprint density at radius 1 is 1.37 bits per heavy atom. The number of rotatable bonds is 4. The van der Waals surface area contributed by atoms with Gasteiger partial charge in [0, 0.05) is 37.2 Å². The maximum absolute atomic E-state index is 13.6. The zero-order chi connectivity index (χ0) is 21.1. The Balaban J connectivity index is 1.56. The number of aromatic nitrogens is 3. The lowest BCUT2D eigenvalue weighted by Gasteiger charge is -2.26. The molecule has 0 aliphatic heterocycles. The highest BCUT2D eigenvalue weighted by Gasteiger charge is 2.35. The summed E-state index contributed by atoms with van der Waals surface area (Å²) >= 11 is 0. The van der Waals surface area contributed by atoms with Crippen LogP contribution in [0.25, 0.3) is 5.65 Å². The van der Waals surface area contributed by atoms with Crippen LogP contribution in [0.1, 0.15) is 41.6 Å². The van der Waals surface area contributed by atoms with E-state index in [9.17, 15) is 18.8 Å². The highest BCUT2D eigenvalue weighted by Crippen LogP contribution is 2.36. The van der Waals surface area contributed by atoms with Crippen molar-refractivity contribution in [2.24, 2.45) is 10.9 Å². The van der Waals surface area contributed by atoms with Gasteiger partial charge in [0.05, 0.1) is 17.4 Å². The Hall–Kier alpha value is -3.67. The number of aliphatic imine (C=N–C) groups is 1. The summed E-state index contributed by atoms with van der Waals surface area (Å²) in [4.78, 5) is 21.3. The lowest BCUT2D eigenvalue weighted by atomic mass is 9.87. The average Bonchev–Trinajstić information content (AvgIpc) is 3.15. The summed E-state index contributed by atoms with van der Waals surface area (Å²) < 4.78 is 28.6. The van der Waals surface area contributed by atoms with Gasteiger partial charge in [-0.05, 0) is 25.0 Å². The molecule has 0 bridgehead atoms. The van der Waals surface area contributed by atoms with Gasteiger partial charge in [-0.25, -0.2) is 23.3 Å². The van der Waals surface area contributed by atoms with Gasteiger partial charge in [0.2, 0.25) is 5.92 Å². The Morgan fingerprint density at radius 3 is 3.00 bits per heavy atom. The number of para-hydroxylation sites is 1. The molecule has 1 atom stereocenters. The number of benzene rings is 1. The van der Waals surface area contributed by atoms with Crippen molar-refractivity contribution in [2.75, 3.05) is 5.32 Å². The first kappa shape index (κ1) is 19.6. The quantitative estimate of drug-likeness (QED) is 0.648. The van der Waals surface area contributed by atoms with Gasteiger partial charge in [-0.2, -0.15) is 10.4 Å². The third-order valence-electron chi connectivity index (χ3n) is 4.99. The number of hydrogen-bond donors (Lipinski definition) is 1. The summed E-state index contributed by atoms with van der Waals surface area (Å²) in [6.45, 7) is 0. The second-order valence-electron chi connectivity index (χ2n) is 7.21. The van der Waals surface area contributed by atoms with Gasteiger partial charge in [0.1, 0.15) is 11.6 Å². The Bertz CT molecular complexity index is 1160. The molecule has 152 valence electrons. The number of hydrogen-bond acceptors (Lipinski definition) is 5. The van der Waals surface area contributed by atoms with E-state index in [4.69, 9.17) is 0 Å². The second-order valence-corrected chi connectivity index (χ2v) is 7.21. The minimum absolute atomic E-state index is 0.0786. The summed E-state index contributed by atoms with van der Waals surface area (Å²) in [6.07, 6.45) is 5.34. The van der Waals surface area contributed by atoms with Crippen LogP contribution < -0.4 is 5.32 Å². The van der Waals surface area contributed by atoms with E-state index in [-0.39, 0.29) is 30.0 Å². The van der Waals surface area contributed by atoms with Crippen LogP contribution in [-0.4, -0.2) is 32.6 Å². The van der Waals surface area contributed by atoms with E-state index < -0.39 is 11.8 Å². The van der Waals surface area contributed by atoms with E-state index in [0.717, 1.165) is 0 Å². The van der Waals surface area contributed by atoms with Crippen LogP contribution in [0.5, 0.6) is 0 Å². The fourth-order valence-electron chi connectivity index (χ4n) is 3.49. The molecule has 7 nitrogen and oxygen atoms in total. The summed E-state index contributed by atoms with van der Waals surface area (Å²) in [5.74, 6) is -3.11.